The Morgan fingerprint density at radius 2 is 1.81 bits per heavy atom. The van der Waals surface area contributed by atoms with Gasteiger partial charge in [0.05, 0.1) is 13.6 Å². The normalized spacial score (nSPS) is 20.5. The number of carbonyl (C=O) groups is 2. The van der Waals surface area contributed by atoms with E-state index >= 15 is 0 Å². The number of hydrogen-bond donors (Lipinski definition) is 1. The van der Waals surface area contributed by atoms with Gasteiger partial charge >= 0.3 is 0 Å². The Morgan fingerprint density at radius 1 is 1.19 bits per heavy atom. The van der Waals surface area contributed by atoms with Gasteiger partial charge in [0.15, 0.2) is 5.82 Å². The first-order valence-electron chi connectivity index (χ1n) is 7.14. The number of nitrogens with zero attached hydrogens (tertiary/aromatic N) is 5. The van der Waals surface area contributed by atoms with E-state index in [1.165, 1.54) is 4.80 Å². The number of hydrogen-bond acceptors (Lipinski definition) is 5. The monoisotopic (exact) mass is 294 g/mol. The maximum Gasteiger partial charge on any atom is 0.249 e. The van der Waals surface area contributed by atoms with E-state index in [0.29, 0.717) is 18.7 Å². The third kappa shape index (κ3) is 2.38. The zero-order chi connectivity index (χ0) is 15.8. The zero-order valence-corrected chi connectivity index (χ0v) is 13.2. The Hall–Kier alpha value is -1.99. The first-order valence-corrected chi connectivity index (χ1v) is 7.14. The van der Waals surface area contributed by atoms with Crippen LogP contribution >= 0.6 is 0 Å². The van der Waals surface area contributed by atoms with Crippen molar-refractivity contribution in [3.05, 3.63) is 5.82 Å². The van der Waals surface area contributed by atoms with Crippen molar-refractivity contribution >= 4 is 11.8 Å². The Bertz CT molecular complexity index is 561. The van der Waals surface area contributed by atoms with Crippen molar-refractivity contribution in [2.24, 2.45) is 7.05 Å². The minimum atomic E-state index is -0.923. The van der Waals surface area contributed by atoms with Crippen LogP contribution in [0.2, 0.25) is 0 Å². The molecule has 0 radical (unpaired) electrons. The number of piperazine rings is 1. The van der Waals surface area contributed by atoms with Gasteiger partial charge in [0, 0.05) is 0 Å². The van der Waals surface area contributed by atoms with Crippen molar-refractivity contribution in [2.45, 2.75) is 58.2 Å². The van der Waals surface area contributed by atoms with Crippen LogP contribution < -0.4 is 5.32 Å². The van der Waals surface area contributed by atoms with Crippen molar-refractivity contribution in [1.82, 2.24) is 30.4 Å². The summed E-state index contributed by atoms with van der Waals surface area (Å²) in [5.74, 6) is 0.182. The number of tetrazole rings is 1. The summed E-state index contributed by atoms with van der Waals surface area (Å²) in [6.45, 7) is 7.42. The van der Waals surface area contributed by atoms with Crippen LogP contribution in [-0.2, 0) is 23.2 Å². The summed E-state index contributed by atoms with van der Waals surface area (Å²) in [6, 6.07) is 0. The molecule has 21 heavy (non-hydrogen) atoms. The number of aryl methyl sites for hydroxylation is 1. The number of rotatable bonds is 4. The van der Waals surface area contributed by atoms with E-state index in [1.807, 2.05) is 13.8 Å². The lowest BCUT2D eigenvalue weighted by molar-refractivity contribution is -0.163. The predicted molar refractivity (Wildman–Crippen MR) is 74.9 cm³/mol. The van der Waals surface area contributed by atoms with E-state index in [0.717, 1.165) is 0 Å². The molecule has 2 heterocycles. The third-order valence-corrected chi connectivity index (χ3v) is 4.16. The number of carbonyl (C=O) groups excluding carboxylic acids is 2. The minimum absolute atomic E-state index is 0.124. The van der Waals surface area contributed by atoms with Crippen molar-refractivity contribution in [3.63, 3.8) is 0 Å². The largest absolute Gasteiger partial charge is 0.340 e. The maximum atomic E-state index is 12.8. The van der Waals surface area contributed by atoms with Gasteiger partial charge in [0.2, 0.25) is 11.8 Å². The predicted octanol–water partition coefficient (Wildman–Crippen LogP) is 0.00590. The maximum absolute atomic E-state index is 12.8. The zero-order valence-electron chi connectivity index (χ0n) is 13.2. The second-order valence-corrected chi connectivity index (χ2v) is 5.90. The molecule has 1 aliphatic rings. The second kappa shape index (κ2) is 5.09. The molecule has 0 unspecified atom stereocenters. The molecule has 8 nitrogen and oxygen atoms in total. The van der Waals surface area contributed by atoms with Gasteiger partial charge in [-0.15, -0.1) is 10.2 Å². The fourth-order valence-electron chi connectivity index (χ4n) is 2.81. The van der Waals surface area contributed by atoms with Crippen LogP contribution in [0.5, 0.6) is 0 Å². The summed E-state index contributed by atoms with van der Waals surface area (Å²) in [4.78, 5) is 28.3. The molecule has 1 aliphatic heterocycles. The number of amides is 2. The Labute approximate surface area is 123 Å². The van der Waals surface area contributed by atoms with Gasteiger partial charge in [0.25, 0.3) is 0 Å². The molecular weight excluding hydrogens is 272 g/mol. The van der Waals surface area contributed by atoms with Crippen LogP contribution in [0.15, 0.2) is 0 Å². The summed E-state index contributed by atoms with van der Waals surface area (Å²) in [5, 5.41) is 14.6. The smallest absolute Gasteiger partial charge is 0.249 e. The van der Waals surface area contributed by atoms with Crippen molar-refractivity contribution in [1.29, 1.82) is 0 Å². The Morgan fingerprint density at radius 3 is 2.29 bits per heavy atom. The summed E-state index contributed by atoms with van der Waals surface area (Å²) < 4.78 is 0. The SMILES string of the molecule is CCC1(CC)C(=O)NC(C)(C)C(=O)N1Cc1nnn(C)n1. The quantitative estimate of drug-likeness (QED) is 0.844. The highest BCUT2D eigenvalue weighted by molar-refractivity contribution is 6.01. The molecule has 0 bridgehead atoms. The van der Waals surface area contributed by atoms with E-state index in [2.05, 4.69) is 20.7 Å². The first-order chi connectivity index (χ1) is 9.76. The molecule has 0 saturated carbocycles. The molecule has 1 saturated heterocycles. The summed E-state index contributed by atoms with van der Waals surface area (Å²) in [7, 11) is 1.66. The standard InChI is InChI=1S/C13H22N6O2/c1-6-13(7-2)10(20)14-12(3,4)11(21)19(13)8-9-15-17-18(5)16-9/h6-8H2,1-5H3,(H,14,20). The molecule has 2 rings (SSSR count). The fraction of sp³-hybridized carbons (Fsp3) is 0.769. The Kier molecular flexibility index (Phi) is 3.73. The summed E-state index contributed by atoms with van der Waals surface area (Å²) in [5.41, 5.74) is -1.78. The lowest BCUT2D eigenvalue weighted by Crippen LogP contribution is -2.73. The first kappa shape index (κ1) is 15.4. The van der Waals surface area contributed by atoms with E-state index in [1.54, 1.807) is 25.8 Å². The molecule has 1 fully saturated rings. The van der Waals surface area contributed by atoms with Crippen LogP contribution in [0.25, 0.3) is 0 Å². The molecule has 0 aliphatic carbocycles. The van der Waals surface area contributed by atoms with Crippen LogP contribution in [0.4, 0.5) is 0 Å². The third-order valence-electron chi connectivity index (χ3n) is 4.16. The highest BCUT2D eigenvalue weighted by atomic mass is 16.2. The Balaban J connectivity index is 2.43. The van der Waals surface area contributed by atoms with Crippen LogP contribution in [-0.4, -0.2) is 48.0 Å². The van der Waals surface area contributed by atoms with Crippen LogP contribution in [0, 0.1) is 0 Å². The summed E-state index contributed by atoms with van der Waals surface area (Å²) in [6.07, 6.45) is 1.08. The van der Waals surface area contributed by atoms with Crippen LogP contribution in [0.1, 0.15) is 46.4 Å². The van der Waals surface area contributed by atoms with Gasteiger partial charge in [0.1, 0.15) is 11.1 Å². The van der Waals surface area contributed by atoms with Gasteiger partial charge in [-0.2, -0.15) is 4.80 Å². The van der Waals surface area contributed by atoms with Crippen molar-refractivity contribution in [3.8, 4) is 0 Å². The second-order valence-electron chi connectivity index (χ2n) is 5.90. The molecule has 0 atom stereocenters. The van der Waals surface area contributed by atoms with Gasteiger partial charge in [-0.05, 0) is 31.9 Å². The molecule has 0 aromatic carbocycles. The highest BCUT2D eigenvalue weighted by Crippen LogP contribution is 2.32. The van der Waals surface area contributed by atoms with E-state index in [4.69, 9.17) is 0 Å². The lowest BCUT2D eigenvalue weighted by atomic mass is 9.83. The highest BCUT2D eigenvalue weighted by Gasteiger charge is 2.53. The molecule has 2 amide bonds. The molecule has 116 valence electrons. The van der Waals surface area contributed by atoms with E-state index < -0.39 is 11.1 Å². The molecule has 1 N–H and O–H groups in total. The summed E-state index contributed by atoms with van der Waals surface area (Å²) >= 11 is 0. The minimum Gasteiger partial charge on any atom is -0.340 e. The van der Waals surface area contributed by atoms with Gasteiger partial charge < -0.3 is 10.2 Å². The topological polar surface area (TPSA) is 93.0 Å². The van der Waals surface area contributed by atoms with Crippen LogP contribution in [0.3, 0.4) is 0 Å². The lowest BCUT2D eigenvalue weighted by Gasteiger charge is -2.49. The van der Waals surface area contributed by atoms with Gasteiger partial charge in [-0.25, -0.2) is 0 Å². The fourth-order valence-corrected chi connectivity index (χ4v) is 2.81. The molecule has 0 spiro atoms. The molecule has 1 aromatic rings. The number of nitrogens with one attached hydrogen (secondary N) is 1. The average molecular weight is 294 g/mol. The average Bonchev–Trinajstić information content (AvgIpc) is 2.82. The molecular formula is C13H22N6O2. The molecule has 1 aromatic heterocycles. The van der Waals surface area contributed by atoms with Gasteiger partial charge in [-0.3, -0.25) is 9.59 Å². The van der Waals surface area contributed by atoms with Crippen molar-refractivity contribution in [2.75, 3.05) is 0 Å². The van der Waals surface area contributed by atoms with E-state index in [-0.39, 0.29) is 18.4 Å². The van der Waals surface area contributed by atoms with E-state index in [9.17, 15) is 9.59 Å². The van der Waals surface area contributed by atoms with Gasteiger partial charge in [-0.1, -0.05) is 13.8 Å². The van der Waals surface area contributed by atoms with Crippen molar-refractivity contribution < 1.29 is 9.59 Å². The number of aromatic nitrogens is 4. The molecule has 8 heteroatoms.